The summed E-state index contributed by atoms with van der Waals surface area (Å²) in [6.45, 7) is 0.557. The molecule has 6 heteroatoms. The quantitative estimate of drug-likeness (QED) is 0.590. The Hall–Kier alpha value is -2.21. The van der Waals surface area contributed by atoms with Crippen LogP contribution in [-0.4, -0.2) is 31.9 Å². The molecule has 1 unspecified atom stereocenters. The summed E-state index contributed by atoms with van der Waals surface area (Å²) in [5.74, 6) is 1.43. The van der Waals surface area contributed by atoms with Gasteiger partial charge in [0.1, 0.15) is 25.6 Å². The summed E-state index contributed by atoms with van der Waals surface area (Å²) in [5, 5.41) is 0. The molecule has 2 aromatic carbocycles. The van der Waals surface area contributed by atoms with Crippen LogP contribution in [0.2, 0.25) is 0 Å². The van der Waals surface area contributed by atoms with Crippen LogP contribution < -0.4 is 14.2 Å². The maximum absolute atomic E-state index is 12.0. The highest BCUT2D eigenvalue weighted by atomic mass is 79.9. The van der Waals surface area contributed by atoms with Crippen LogP contribution in [-0.2, 0) is 9.53 Å². The molecule has 23 heavy (non-hydrogen) atoms. The van der Waals surface area contributed by atoms with E-state index >= 15 is 0 Å². The molecule has 1 aliphatic heterocycles. The second-order valence-corrected chi connectivity index (χ2v) is 5.75. The van der Waals surface area contributed by atoms with Gasteiger partial charge in [-0.1, -0.05) is 34.1 Å². The third-order valence-corrected chi connectivity index (χ3v) is 3.66. The van der Waals surface area contributed by atoms with Crippen molar-refractivity contribution in [1.82, 2.24) is 0 Å². The van der Waals surface area contributed by atoms with Gasteiger partial charge in [0.15, 0.2) is 11.5 Å². The Morgan fingerprint density at radius 3 is 2.78 bits per heavy atom. The maximum Gasteiger partial charge on any atom is 0.351 e. The number of ether oxygens (including phenoxy) is 4. The molecule has 0 saturated carbocycles. The molecule has 0 radical (unpaired) electrons. The number of rotatable bonds is 5. The first-order valence-electron chi connectivity index (χ1n) is 7.16. The van der Waals surface area contributed by atoms with E-state index in [9.17, 15) is 4.79 Å². The number of hydrogen-bond donors (Lipinski definition) is 0. The number of fused-ring (bicyclic) bond motifs is 1. The standard InChI is InChI=1S/C17H15BrO5/c18-12-4-3-5-13(10-12)20-8-9-21-17(19)16-11-22-14-6-1-2-7-15(14)23-16/h1-7,10,16H,8-9,11H2. The second kappa shape index (κ2) is 7.37. The van der Waals surface area contributed by atoms with Crippen molar-refractivity contribution < 1.29 is 23.7 Å². The van der Waals surface area contributed by atoms with Gasteiger partial charge in [-0.25, -0.2) is 4.79 Å². The van der Waals surface area contributed by atoms with Crippen molar-refractivity contribution in [3.8, 4) is 17.2 Å². The lowest BCUT2D eigenvalue weighted by molar-refractivity contribution is -0.155. The van der Waals surface area contributed by atoms with E-state index in [0.717, 1.165) is 4.47 Å². The molecule has 0 spiro atoms. The number of para-hydroxylation sites is 2. The van der Waals surface area contributed by atoms with Crippen LogP contribution >= 0.6 is 15.9 Å². The van der Waals surface area contributed by atoms with Gasteiger partial charge >= 0.3 is 5.97 Å². The topological polar surface area (TPSA) is 54.0 Å². The zero-order valence-corrected chi connectivity index (χ0v) is 13.8. The summed E-state index contributed by atoms with van der Waals surface area (Å²) in [6, 6.07) is 14.7. The zero-order valence-electron chi connectivity index (χ0n) is 12.2. The average Bonchev–Trinajstić information content (AvgIpc) is 2.58. The van der Waals surface area contributed by atoms with E-state index in [-0.39, 0.29) is 19.8 Å². The van der Waals surface area contributed by atoms with Crippen LogP contribution in [0.15, 0.2) is 53.0 Å². The fourth-order valence-electron chi connectivity index (χ4n) is 2.09. The van der Waals surface area contributed by atoms with E-state index in [1.54, 1.807) is 12.1 Å². The molecule has 1 aliphatic rings. The molecule has 120 valence electrons. The van der Waals surface area contributed by atoms with Gasteiger partial charge in [-0.05, 0) is 30.3 Å². The lowest BCUT2D eigenvalue weighted by Crippen LogP contribution is -2.38. The largest absolute Gasteiger partial charge is 0.490 e. The molecule has 0 N–H and O–H groups in total. The van der Waals surface area contributed by atoms with Crippen LogP contribution in [0.25, 0.3) is 0 Å². The minimum absolute atomic E-state index is 0.141. The van der Waals surface area contributed by atoms with E-state index in [2.05, 4.69) is 15.9 Å². The van der Waals surface area contributed by atoms with Crippen LogP contribution in [0.5, 0.6) is 17.2 Å². The van der Waals surface area contributed by atoms with Crippen molar-refractivity contribution in [3.63, 3.8) is 0 Å². The number of carbonyl (C=O) groups excluding carboxylic acids is 1. The van der Waals surface area contributed by atoms with Gasteiger partial charge in [-0.2, -0.15) is 0 Å². The van der Waals surface area contributed by atoms with Crippen molar-refractivity contribution in [2.45, 2.75) is 6.10 Å². The van der Waals surface area contributed by atoms with E-state index in [0.29, 0.717) is 17.2 Å². The summed E-state index contributed by atoms with van der Waals surface area (Å²) >= 11 is 3.36. The summed E-state index contributed by atoms with van der Waals surface area (Å²) < 4.78 is 22.7. The van der Waals surface area contributed by atoms with Gasteiger partial charge in [-0.15, -0.1) is 0 Å². The minimum Gasteiger partial charge on any atom is -0.490 e. The normalized spacial score (nSPS) is 15.8. The Kier molecular flexibility index (Phi) is 5.02. The fourth-order valence-corrected chi connectivity index (χ4v) is 2.47. The molecule has 0 aromatic heterocycles. The Balaban J connectivity index is 1.43. The molecular formula is C17H15BrO5. The first-order chi connectivity index (χ1) is 11.2. The highest BCUT2D eigenvalue weighted by molar-refractivity contribution is 9.10. The molecular weight excluding hydrogens is 364 g/mol. The zero-order chi connectivity index (χ0) is 16.1. The molecule has 0 amide bonds. The first kappa shape index (κ1) is 15.7. The summed E-state index contributed by atoms with van der Waals surface area (Å²) in [6.07, 6.45) is -0.754. The third kappa shape index (κ3) is 4.16. The van der Waals surface area contributed by atoms with Crippen LogP contribution in [0.4, 0.5) is 0 Å². The highest BCUT2D eigenvalue weighted by Crippen LogP contribution is 2.31. The van der Waals surface area contributed by atoms with Crippen LogP contribution in [0, 0.1) is 0 Å². The predicted molar refractivity (Wildman–Crippen MR) is 86.9 cm³/mol. The fraction of sp³-hybridized carbons (Fsp3) is 0.235. The third-order valence-electron chi connectivity index (χ3n) is 3.16. The maximum atomic E-state index is 12.0. The molecule has 3 rings (SSSR count). The lowest BCUT2D eigenvalue weighted by Gasteiger charge is -2.24. The monoisotopic (exact) mass is 378 g/mol. The molecule has 0 aliphatic carbocycles. The number of benzene rings is 2. The first-order valence-corrected chi connectivity index (χ1v) is 7.95. The SMILES string of the molecule is O=C(OCCOc1cccc(Br)c1)C1COc2ccccc2O1. The smallest absolute Gasteiger partial charge is 0.351 e. The molecule has 0 saturated heterocycles. The van der Waals surface area contributed by atoms with Gasteiger partial charge in [0, 0.05) is 4.47 Å². The van der Waals surface area contributed by atoms with Crippen molar-refractivity contribution in [2.75, 3.05) is 19.8 Å². The van der Waals surface area contributed by atoms with Crippen molar-refractivity contribution in [2.24, 2.45) is 0 Å². The van der Waals surface area contributed by atoms with Crippen molar-refractivity contribution in [1.29, 1.82) is 0 Å². The molecule has 0 fully saturated rings. The van der Waals surface area contributed by atoms with E-state index < -0.39 is 12.1 Å². The Morgan fingerprint density at radius 2 is 1.96 bits per heavy atom. The molecule has 2 aromatic rings. The van der Waals surface area contributed by atoms with E-state index in [4.69, 9.17) is 18.9 Å². The molecule has 1 atom stereocenters. The number of carbonyl (C=O) groups is 1. The van der Waals surface area contributed by atoms with E-state index in [1.165, 1.54) is 0 Å². The van der Waals surface area contributed by atoms with Gasteiger partial charge in [0.2, 0.25) is 6.10 Å². The second-order valence-electron chi connectivity index (χ2n) is 4.84. The molecule has 5 nitrogen and oxygen atoms in total. The van der Waals surface area contributed by atoms with Gasteiger partial charge in [-0.3, -0.25) is 0 Å². The summed E-state index contributed by atoms with van der Waals surface area (Å²) in [7, 11) is 0. The highest BCUT2D eigenvalue weighted by Gasteiger charge is 2.28. The van der Waals surface area contributed by atoms with Crippen LogP contribution in [0.1, 0.15) is 0 Å². The Morgan fingerprint density at radius 1 is 1.13 bits per heavy atom. The van der Waals surface area contributed by atoms with Gasteiger partial charge in [0.05, 0.1) is 0 Å². The predicted octanol–water partition coefficient (Wildman–Crippen LogP) is 3.21. The Labute approximate surface area is 142 Å². The number of hydrogen-bond acceptors (Lipinski definition) is 5. The van der Waals surface area contributed by atoms with Gasteiger partial charge < -0.3 is 18.9 Å². The van der Waals surface area contributed by atoms with Crippen molar-refractivity contribution >= 4 is 21.9 Å². The summed E-state index contributed by atoms with van der Waals surface area (Å²) in [5.41, 5.74) is 0. The Bertz CT molecular complexity index is 688. The van der Waals surface area contributed by atoms with E-state index in [1.807, 2.05) is 36.4 Å². The lowest BCUT2D eigenvalue weighted by atomic mass is 10.2. The summed E-state index contributed by atoms with van der Waals surface area (Å²) in [4.78, 5) is 12.0. The molecule has 0 bridgehead atoms. The van der Waals surface area contributed by atoms with Gasteiger partial charge in [0.25, 0.3) is 0 Å². The number of esters is 1. The molecule has 1 heterocycles. The van der Waals surface area contributed by atoms with Crippen molar-refractivity contribution in [3.05, 3.63) is 53.0 Å². The average molecular weight is 379 g/mol. The number of halogens is 1. The van der Waals surface area contributed by atoms with Crippen LogP contribution in [0.3, 0.4) is 0 Å². The minimum atomic E-state index is -0.754.